The van der Waals surface area contributed by atoms with Gasteiger partial charge in [-0.25, -0.2) is 0 Å². The summed E-state index contributed by atoms with van der Waals surface area (Å²) in [5.41, 5.74) is 0. The highest BCUT2D eigenvalue weighted by Gasteiger charge is 1.96. The Morgan fingerprint density at radius 2 is 2.15 bits per heavy atom. The number of phenols is 1. The molecule has 1 aromatic carbocycles. The summed E-state index contributed by atoms with van der Waals surface area (Å²) >= 11 is 0. The Morgan fingerprint density at radius 1 is 1.38 bits per heavy atom. The minimum absolute atomic E-state index is 0.119. The minimum Gasteiger partial charge on any atom is -0.504 e. The van der Waals surface area contributed by atoms with Crippen molar-refractivity contribution in [2.75, 3.05) is 0 Å². The summed E-state index contributed by atoms with van der Waals surface area (Å²) in [6.07, 6.45) is 4.36. The molecule has 0 aromatic heterocycles. The van der Waals surface area contributed by atoms with Crippen LogP contribution in [0.1, 0.15) is 19.8 Å². The number of aromatic hydroxyl groups is 1. The molecule has 0 unspecified atom stereocenters. The van der Waals surface area contributed by atoms with E-state index >= 15 is 0 Å². The quantitative estimate of drug-likeness (QED) is 0.701. The monoisotopic (exact) mass is 176 g/mol. The highest BCUT2D eigenvalue weighted by atomic mass is 16.5. The number of ether oxygens (including phenoxy) is 1. The summed E-state index contributed by atoms with van der Waals surface area (Å²) in [4.78, 5) is 0. The molecule has 0 radical (unpaired) electrons. The summed E-state index contributed by atoms with van der Waals surface area (Å²) in [5.74, 6) is 3.35. The maximum atomic E-state index is 9.27. The third-order valence-electron chi connectivity index (χ3n) is 1.47. The van der Waals surface area contributed by atoms with Crippen LogP contribution < -0.4 is 4.74 Å². The SMILES string of the molecule is CCCC#COc1ccccc1O. The molecule has 1 aromatic rings. The summed E-state index contributed by atoms with van der Waals surface area (Å²) in [5, 5.41) is 9.27. The largest absolute Gasteiger partial charge is 0.504 e. The van der Waals surface area contributed by atoms with Crippen LogP contribution >= 0.6 is 0 Å². The lowest BCUT2D eigenvalue weighted by atomic mass is 10.3. The molecule has 0 saturated heterocycles. The molecule has 0 aliphatic rings. The molecule has 1 rings (SSSR count). The van der Waals surface area contributed by atoms with Crippen molar-refractivity contribution < 1.29 is 9.84 Å². The van der Waals surface area contributed by atoms with Crippen LogP contribution in [0.3, 0.4) is 0 Å². The van der Waals surface area contributed by atoms with Crippen LogP contribution in [0, 0.1) is 12.0 Å². The molecule has 13 heavy (non-hydrogen) atoms. The smallest absolute Gasteiger partial charge is 0.181 e. The zero-order valence-electron chi connectivity index (χ0n) is 7.58. The number of phenolic OH excluding ortho intramolecular Hbond substituents is 1. The van der Waals surface area contributed by atoms with Crippen LogP contribution in [0.15, 0.2) is 24.3 Å². The van der Waals surface area contributed by atoms with Gasteiger partial charge in [-0.05, 0) is 18.6 Å². The molecule has 0 spiro atoms. The average Bonchev–Trinajstić information content (AvgIpc) is 2.15. The predicted octanol–water partition coefficient (Wildman–Crippen LogP) is 2.53. The highest BCUT2D eigenvalue weighted by Crippen LogP contribution is 2.23. The van der Waals surface area contributed by atoms with Crippen LogP contribution in [0.5, 0.6) is 11.5 Å². The van der Waals surface area contributed by atoms with E-state index in [0.29, 0.717) is 5.75 Å². The molecular weight excluding hydrogens is 164 g/mol. The van der Waals surface area contributed by atoms with Crippen molar-refractivity contribution in [3.63, 3.8) is 0 Å². The zero-order chi connectivity index (χ0) is 9.52. The van der Waals surface area contributed by atoms with Gasteiger partial charge in [0.25, 0.3) is 0 Å². The van der Waals surface area contributed by atoms with Crippen molar-refractivity contribution in [2.45, 2.75) is 19.8 Å². The molecular formula is C11H12O2. The third kappa shape index (κ3) is 3.08. The molecule has 0 fully saturated rings. The van der Waals surface area contributed by atoms with Crippen molar-refractivity contribution in [3.8, 4) is 23.5 Å². The maximum absolute atomic E-state index is 9.27. The van der Waals surface area contributed by atoms with Gasteiger partial charge in [0.15, 0.2) is 11.5 Å². The normalized spacial score (nSPS) is 8.69. The summed E-state index contributed by atoms with van der Waals surface area (Å²) in [7, 11) is 0. The van der Waals surface area contributed by atoms with E-state index < -0.39 is 0 Å². The van der Waals surface area contributed by atoms with E-state index in [1.807, 2.05) is 0 Å². The first kappa shape index (κ1) is 9.47. The predicted molar refractivity (Wildman–Crippen MR) is 51.4 cm³/mol. The van der Waals surface area contributed by atoms with E-state index in [0.717, 1.165) is 12.8 Å². The number of hydrogen-bond acceptors (Lipinski definition) is 2. The van der Waals surface area contributed by atoms with Crippen molar-refractivity contribution >= 4 is 0 Å². The molecule has 0 saturated carbocycles. The Morgan fingerprint density at radius 3 is 2.85 bits per heavy atom. The van der Waals surface area contributed by atoms with Crippen LogP contribution in [-0.2, 0) is 0 Å². The van der Waals surface area contributed by atoms with Gasteiger partial charge >= 0.3 is 0 Å². The Balaban J connectivity index is 2.56. The summed E-state index contributed by atoms with van der Waals surface area (Å²) in [6, 6.07) is 6.77. The fraction of sp³-hybridized carbons (Fsp3) is 0.273. The van der Waals surface area contributed by atoms with Crippen molar-refractivity contribution in [2.24, 2.45) is 0 Å². The van der Waals surface area contributed by atoms with E-state index in [-0.39, 0.29) is 5.75 Å². The number of unbranched alkanes of at least 4 members (excludes halogenated alkanes) is 1. The molecule has 0 aliphatic heterocycles. The number of hydrogen-bond donors (Lipinski definition) is 1. The fourth-order valence-corrected chi connectivity index (χ4v) is 0.811. The molecule has 0 atom stereocenters. The van der Waals surface area contributed by atoms with Gasteiger partial charge in [0.05, 0.1) is 0 Å². The standard InChI is InChI=1S/C11H12O2/c1-2-3-6-9-13-11-8-5-4-7-10(11)12/h4-5,7-8,12H,2-3H2,1H3. The Kier molecular flexibility index (Phi) is 3.72. The van der Waals surface area contributed by atoms with E-state index in [2.05, 4.69) is 19.0 Å². The summed E-state index contributed by atoms with van der Waals surface area (Å²) in [6.45, 7) is 2.05. The van der Waals surface area contributed by atoms with Crippen molar-refractivity contribution in [1.82, 2.24) is 0 Å². The van der Waals surface area contributed by atoms with Gasteiger partial charge in [-0.3, -0.25) is 0 Å². The van der Waals surface area contributed by atoms with Gasteiger partial charge in [0.2, 0.25) is 0 Å². The van der Waals surface area contributed by atoms with Gasteiger partial charge < -0.3 is 9.84 Å². The van der Waals surface area contributed by atoms with Crippen molar-refractivity contribution in [3.05, 3.63) is 24.3 Å². The lowest BCUT2D eigenvalue weighted by Crippen LogP contribution is -1.82. The topological polar surface area (TPSA) is 29.5 Å². The second-order valence-electron chi connectivity index (χ2n) is 2.60. The van der Waals surface area contributed by atoms with E-state index in [1.54, 1.807) is 24.3 Å². The maximum Gasteiger partial charge on any atom is 0.181 e. The van der Waals surface area contributed by atoms with Crippen LogP contribution in [0.25, 0.3) is 0 Å². The van der Waals surface area contributed by atoms with Gasteiger partial charge in [-0.1, -0.05) is 25.0 Å². The number of rotatable bonds is 2. The van der Waals surface area contributed by atoms with Crippen LogP contribution in [0.4, 0.5) is 0 Å². The van der Waals surface area contributed by atoms with Crippen LogP contribution in [-0.4, -0.2) is 5.11 Å². The zero-order valence-corrected chi connectivity index (χ0v) is 7.58. The number of benzene rings is 1. The van der Waals surface area contributed by atoms with Gasteiger partial charge in [0, 0.05) is 6.42 Å². The lowest BCUT2D eigenvalue weighted by Gasteiger charge is -1.98. The first-order valence-electron chi connectivity index (χ1n) is 4.27. The second kappa shape index (κ2) is 5.10. The molecule has 2 heteroatoms. The first-order valence-corrected chi connectivity index (χ1v) is 4.27. The average molecular weight is 176 g/mol. The van der Waals surface area contributed by atoms with Gasteiger partial charge in [0.1, 0.15) is 6.11 Å². The van der Waals surface area contributed by atoms with E-state index in [9.17, 15) is 5.11 Å². The van der Waals surface area contributed by atoms with Gasteiger partial charge in [-0.15, -0.1) is 0 Å². The lowest BCUT2D eigenvalue weighted by molar-refractivity contribution is 0.424. The molecule has 2 nitrogen and oxygen atoms in total. The fourth-order valence-electron chi connectivity index (χ4n) is 0.811. The summed E-state index contributed by atoms with van der Waals surface area (Å²) < 4.78 is 5.03. The highest BCUT2D eigenvalue weighted by molar-refractivity contribution is 5.38. The van der Waals surface area contributed by atoms with Crippen molar-refractivity contribution in [1.29, 1.82) is 0 Å². The van der Waals surface area contributed by atoms with E-state index in [1.165, 1.54) is 0 Å². The Hall–Kier alpha value is -1.62. The third-order valence-corrected chi connectivity index (χ3v) is 1.47. The molecule has 0 aliphatic carbocycles. The molecule has 1 N–H and O–H groups in total. The van der Waals surface area contributed by atoms with E-state index in [4.69, 9.17) is 4.74 Å². The second-order valence-corrected chi connectivity index (χ2v) is 2.60. The minimum atomic E-state index is 0.119. The molecule has 0 bridgehead atoms. The van der Waals surface area contributed by atoms with Gasteiger partial charge in [-0.2, -0.15) is 0 Å². The number of para-hydroxylation sites is 2. The Labute approximate surface area is 78.2 Å². The molecule has 0 amide bonds. The first-order chi connectivity index (χ1) is 6.34. The molecule has 0 heterocycles. The molecule has 68 valence electrons. The van der Waals surface area contributed by atoms with Crippen LogP contribution in [0.2, 0.25) is 0 Å². The Bertz CT molecular complexity index is 320.